The first kappa shape index (κ1) is 22.7. The van der Waals surface area contributed by atoms with Gasteiger partial charge in [-0.1, -0.05) is 24.3 Å². The molecule has 0 spiro atoms. The van der Waals surface area contributed by atoms with Gasteiger partial charge in [-0.3, -0.25) is 0 Å². The first-order valence-electron chi connectivity index (χ1n) is 11.5. The highest BCUT2D eigenvalue weighted by Gasteiger charge is 2.27. The van der Waals surface area contributed by atoms with Gasteiger partial charge in [0.1, 0.15) is 5.60 Å². The Kier molecular flexibility index (Phi) is 6.55. The number of para-hydroxylation sites is 2. The highest BCUT2D eigenvalue weighted by molar-refractivity contribution is 5.78. The number of carbonyl (C=O) groups is 1. The lowest BCUT2D eigenvalue weighted by atomic mass is 9.98. The van der Waals surface area contributed by atoms with Crippen LogP contribution in [0, 0.1) is 17.2 Å². The van der Waals surface area contributed by atoms with Crippen molar-refractivity contribution in [3.05, 3.63) is 59.7 Å². The topological polar surface area (TPSA) is 83.2 Å². The van der Waals surface area contributed by atoms with Crippen LogP contribution >= 0.6 is 0 Å². The van der Waals surface area contributed by atoms with Crippen LogP contribution < -0.4 is 5.32 Å². The van der Waals surface area contributed by atoms with Crippen LogP contribution in [0.5, 0.6) is 0 Å². The van der Waals surface area contributed by atoms with Gasteiger partial charge in [0.25, 0.3) is 0 Å². The van der Waals surface area contributed by atoms with E-state index < -0.39 is 5.60 Å². The molecule has 0 unspecified atom stereocenters. The second kappa shape index (κ2) is 9.53. The van der Waals surface area contributed by atoms with Crippen LogP contribution in [0.2, 0.25) is 0 Å². The van der Waals surface area contributed by atoms with E-state index in [4.69, 9.17) is 15.0 Å². The van der Waals surface area contributed by atoms with Gasteiger partial charge in [0, 0.05) is 19.6 Å². The molecule has 0 radical (unpaired) electrons. The zero-order valence-electron chi connectivity index (χ0n) is 19.5. The standard InChI is InChI=1S/C26H31N5O2/c1-26(2,3)33-25(32)30-14-6-7-21(17-30)16-28-24-29-22-8-4-5-9-23(22)31(24)18-20-12-10-19(15-27)11-13-20/h4-5,8-13,21H,6-7,14,16-18H2,1-3H3,(H,28,29)/t21-/m1/s1. The van der Waals surface area contributed by atoms with Crippen molar-refractivity contribution >= 4 is 23.1 Å². The molecule has 1 fully saturated rings. The molecule has 2 aromatic carbocycles. The number of anilines is 1. The molecular formula is C26H31N5O2. The maximum absolute atomic E-state index is 12.5. The minimum atomic E-state index is -0.488. The van der Waals surface area contributed by atoms with Gasteiger partial charge in [-0.25, -0.2) is 9.78 Å². The van der Waals surface area contributed by atoms with Crippen LogP contribution in [0.15, 0.2) is 48.5 Å². The number of nitriles is 1. The number of likely N-dealkylation sites (tertiary alicyclic amines) is 1. The monoisotopic (exact) mass is 445 g/mol. The summed E-state index contributed by atoms with van der Waals surface area (Å²) in [7, 11) is 0. The molecule has 2 heterocycles. The fraction of sp³-hybridized carbons (Fsp3) is 0.423. The summed E-state index contributed by atoms with van der Waals surface area (Å²) in [6.45, 7) is 8.49. The van der Waals surface area contributed by atoms with Crippen molar-refractivity contribution in [3.63, 3.8) is 0 Å². The Hall–Kier alpha value is -3.53. The second-order valence-corrected chi connectivity index (χ2v) is 9.63. The summed E-state index contributed by atoms with van der Waals surface area (Å²) in [6.07, 6.45) is 1.79. The first-order valence-corrected chi connectivity index (χ1v) is 11.5. The van der Waals surface area contributed by atoms with E-state index >= 15 is 0 Å². The first-order chi connectivity index (χ1) is 15.8. The number of ether oxygens (including phenoxy) is 1. The lowest BCUT2D eigenvalue weighted by molar-refractivity contribution is 0.0172. The van der Waals surface area contributed by atoms with E-state index in [-0.39, 0.29) is 6.09 Å². The molecule has 7 nitrogen and oxygen atoms in total. The van der Waals surface area contributed by atoms with Crippen LogP contribution in [0.25, 0.3) is 11.0 Å². The van der Waals surface area contributed by atoms with Crippen LogP contribution in [-0.4, -0.2) is 45.8 Å². The predicted molar refractivity (Wildman–Crippen MR) is 129 cm³/mol. The van der Waals surface area contributed by atoms with Gasteiger partial charge in [0.2, 0.25) is 5.95 Å². The average Bonchev–Trinajstić information content (AvgIpc) is 3.14. The minimum Gasteiger partial charge on any atom is -0.444 e. The zero-order valence-corrected chi connectivity index (χ0v) is 19.5. The number of rotatable bonds is 5. The van der Waals surface area contributed by atoms with E-state index in [2.05, 4.69) is 22.0 Å². The smallest absolute Gasteiger partial charge is 0.410 e. The van der Waals surface area contributed by atoms with Gasteiger partial charge in [0.15, 0.2) is 0 Å². The van der Waals surface area contributed by atoms with Crippen LogP contribution in [0.1, 0.15) is 44.7 Å². The van der Waals surface area contributed by atoms with Gasteiger partial charge < -0.3 is 19.5 Å². The molecule has 0 aliphatic carbocycles. The number of fused-ring (bicyclic) bond motifs is 1. The Morgan fingerprint density at radius 1 is 1.21 bits per heavy atom. The molecule has 1 aliphatic rings. The van der Waals surface area contributed by atoms with E-state index in [9.17, 15) is 4.79 Å². The quantitative estimate of drug-likeness (QED) is 0.596. The van der Waals surface area contributed by atoms with Crippen molar-refractivity contribution in [2.75, 3.05) is 25.0 Å². The second-order valence-electron chi connectivity index (χ2n) is 9.63. The maximum atomic E-state index is 12.5. The number of nitrogens with one attached hydrogen (secondary N) is 1. The molecule has 3 aromatic rings. The largest absolute Gasteiger partial charge is 0.444 e. The van der Waals surface area contributed by atoms with Gasteiger partial charge in [-0.05, 0) is 69.4 Å². The Bertz CT molecular complexity index is 1150. The number of piperidine rings is 1. The fourth-order valence-corrected chi connectivity index (χ4v) is 4.20. The summed E-state index contributed by atoms with van der Waals surface area (Å²) in [5.41, 5.74) is 3.27. The number of imidazole rings is 1. The van der Waals surface area contributed by atoms with Gasteiger partial charge in [-0.15, -0.1) is 0 Å². The number of amides is 1. The van der Waals surface area contributed by atoms with Gasteiger partial charge in [0.05, 0.1) is 29.2 Å². The third-order valence-corrected chi connectivity index (χ3v) is 5.80. The molecule has 1 amide bonds. The molecule has 1 aromatic heterocycles. The highest BCUT2D eigenvalue weighted by atomic mass is 16.6. The Morgan fingerprint density at radius 2 is 1.97 bits per heavy atom. The SMILES string of the molecule is CC(C)(C)OC(=O)N1CCC[C@H](CNc2nc3ccccc3n2Cc2ccc(C#N)cc2)C1. The summed E-state index contributed by atoms with van der Waals surface area (Å²) in [6, 6.07) is 17.9. The molecule has 1 saturated heterocycles. The molecular weight excluding hydrogens is 414 g/mol. The number of hydrogen-bond acceptors (Lipinski definition) is 5. The number of benzene rings is 2. The van der Waals surface area contributed by atoms with E-state index in [1.165, 1.54) is 0 Å². The van der Waals surface area contributed by atoms with Crippen molar-refractivity contribution < 1.29 is 9.53 Å². The molecule has 4 rings (SSSR count). The molecule has 0 saturated carbocycles. The molecule has 0 bridgehead atoms. The fourth-order valence-electron chi connectivity index (χ4n) is 4.20. The maximum Gasteiger partial charge on any atom is 0.410 e. The number of carbonyl (C=O) groups excluding carboxylic acids is 1. The van der Waals surface area contributed by atoms with Crippen molar-refractivity contribution in [3.8, 4) is 6.07 Å². The van der Waals surface area contributed by atoms with Crippen molar-refractivity contribution in [2.24, 2.45) is 5.92 Å². The number of nitrogens with zero attached hydrogens (tertiary/aromatic N) is 4. The average molecular weight is 446 g/mol. The summed E-state index contributed by atoms with van der Waals surface area (Å²) >= 11 is 0. The zero-order chi connectivity index (χ0) is 23.4. The molecule has 1 atom stereocenters. The van der Waals surface area contributed by atoms with Gasteiger partial charge in [-0.2, -0.15) is 5.26 Å². The van der Waals surface area contributed by atoms with E-state index in [0.29, 0.717) is 24.6 Å². The van der Waals surface area contributed by atoms with Crippen molar-refractivity contribution in [1.82, 2.24) is 14.5 Å². The van der Waals surface area contributed by atoms with E-state index in [1.807, 2.05) is 68.1 Å². The normalized spacial score (nSPS) is 16.4. The van der Waals surface area contributed by atoms with E-state index in [1.54, 1.807) is 0 Å². The van der Waals surface area contributed by atoms with E-state index in [0.717, 1.165) is 48.5 Å². The van der Waals surface area contributed by atoms with Gasteiger partial charge >= 0.3 is 6.09 Å². The molecule has 1 N–H and O–H groups in total. The third-order valence-electron chi connectivity index (χ3n) is 5.80. The summed E-state index contributed by atoms with van der Waals surface area (Å²) in [4.78, 5) is 19.1. The number of hydrogen-bond donors (Lipinski definition) is 1. The van der Waals surface area contributed by atoms with Crippen LogP contribution in [-0.2, 0) is 11.3 Å². The van der Waals surface area contributed by atoms with Crippen LogP contribution in [0.4, 0.5) is 10.7 Å². The Labute approximate surface area is 195 Å². The molecule has 172 valence electrons. The minimum absolute atomic E-state index is 0.236. The number of aromatic nitrogens is 2. The lowest BCUT2D eigenvalue weighted by Gasteiger charge is -2.34. The molecule has 7 heteroatoms. The summed E-state index contributed by atoms with van der Waals surface area (Å²) in [5.74, 6) is 1.14. The van der Waals surface area contributed by atoms with Crippen molar-refractivity contribution in [2.45, 2.75) is 45.8 Å². The summed E-state index contributed by atoms with van der Waals surface area (Å²) < 4.78 is 7.73. The van der Waals surface area contributed by atoms with Crippen molar-refractivity contribution in [1.29, 1.82) is 5.26 Å². The predicted octanol–water partition coefficient (Wildman–Crippen LogP) is 5.02. The molecule has 1 aliphatic heterocycles. The highest BCUT2D eigenvalue weighted by Crippen LogP contribution is 2.24. The lowest BCUT2D eigenvalue weighted by Crippen LogP contribution is -2.44. The Morgan fingerprint density at radius 3 is 2.70 bits per heavy atom. The summed E-state index contributed by atoms with van der Waals surface area (Å²) in [5, 5.41) is 12.6. The molecule has 33 heavy (non-hydrogen) atoms. The third kappa shape index (κ3) is 5.64. The Balaban J connectivity index is 1.47. The van der Waals surface area contributed by atoms with Crippen LogP contribution in [0.3, 0.4) is 0 Å².